The number of oxazole rings is 4. The standard InChI is InChI=1S/C28H27FN4O5.C21H21FN4O5.C11H11FN2O.2C11H7FN2O.C9H6FNO2.2C2H4O2.ClH.Hg/c1-17-14-31-25(38-17)21-13-20(29)10-9-19(21)15-30-24(34)22-23(36-16-18-7-5-4-6-8-18)26(35)33-11-12-37-28(2,3)27(33)32-22;1-11-9-24-18(31-11)14-8-13(22)5-4-12(14)10-23-17(28)15-16(27)19(29)26-6-7-30-21(2,3)20(26)25-15;2*1-7-6-14-11(15-7)10-4-9(12)3-2-8(10)5-13;1-2-5-14-11(15)10-6-9(12)4-3-8(10)7-13;1-13-9(12)8-4-7(10)3-2-6(8)5-11;2*1-2(3)4;;/h4-10,13-14H,11-12,15-16H2,1-3H3,(H,30,34);4-5,8-9,27H,6-7,10H2,1-3H3,(H,23,28);2-4,6H,5,13H2,1H3;2-4,6H,1H3;1,3-4,6H,5H2,(H,14,15);2-4H,1H3;2*1H3,(H,3,4);1H;/q;;;;;;;;;+2/p-2. The first-order chi connectivity index (χ1) is 64.8. The van der Waals surface area contributed by atoms with Gasteiger partial charge >= 0.3 is 72.1 Å². The molecule has 7 aromatic carbocycles. The summed E-state index contributed by atoms with van der Waals surface area (Å²) >= 11 is -2.04. The molecule has 137 heavy (non-hydrogen) atoms. The summed E-state index contributed by atoms with van der Waals surface area (Å²) < 4.78 is 134. The number of hydrogen-bond donors (Lipinski definition) is 5. The zero-order chi connectivity index (χ0) is 99.3. The van der Waals surface area contributed by atoms with Crippen LogP contribution in [0.15, 0.2) is 192 Å². The van der Waals surface area contributed by atoms with Crippen molar-refractivity contribution in [2.75, 3.05) is 26.9 Å². The maximum atomic E-state index is 14.0. The third kappa shape index (κ3) is 29.4. The fourth-order valence-electron chi connectivity index (χ4n) is 12.6. The predicted molar refractivity (Wildman–Crippen MR) is 474 cm³/mol. The molecule has 0 unspecified atom stereocenters. The van der Waals surface area contributed by atoms with Crippen molar-refractivity contribution in [1.82, 2.24) is 55.0 Å². The van der Waals surface area contributed by atoms with Crippen LogP contribution in [-0.4, -0.2) is 107 Å². The number of nitriles is 3. The molecule has 0 saturated heterocycles. The quantitative estimate of drug-likeness (QED) is 0.0217. The topological polar surface area (TPSA) is 485 Å². The monoisotopic (exact) mass is 2090 g/mol. The van der Waals surface area contributed by atoms with Gasteiger partial charge in [0.05, 0.1) is 110 Å². The van der Waals surface area contributed by atoms with Gasteiger partial charge in [0.1, 0.15) is 93.5 Å². The summed E-state index contributed by atoms with van der Waals surface area (Å²) in [6, 6.07) is 38.0. The number of nitrogens with zero attached hydrogens (tertiary/aromatic N) is 11. The minimum absolute atomic E-state index is 0. The van der Waals surface area contributed by atoms with Gasteiger partial charge in [-0.1, -0.05) is 54.5 Å². The Labute approximate surface area is 798 Å². The van der Waals surface area contributed by atoms with Crippen LogP contribution >= 0.6 is 12.4 Å². The van der Waals surface area contributed by atoms with Crippen LogP contribution in [0.1, 0.15) is 157 Å². The van der Waals surface area contributed by atoms with Gasteiger partial charge in [0.25, 0.3) is 28.8 Å². The van der Waals surface area contributed by atoms with Crippen LogP contribution in [0.4, 0.5) is 26.3 Å². The van der Waals surface area contributed by atoms with Crippen molar-refractivity contribution in [2.45, 2.75) is 120 Å². The van der Waals surface area contributed by atoms with Crippen LogP contribution in [0.5, 0.6) is 11.5 Å². The zero-order valence-electron chi connectivity index (χ0n) is 75.2. The Kier molecular flexibility index (Phi) is 38.8. The van der Waals surface area contributed by atoms with E-state index in [0.717, 1.165) is 35.4 Å². The molecule has 8 heterocycles. The number of nitrogens with one attached hydrogen (secondary N) is 3. The molecule has 0 aliphatic carbocycles. The normalized spacial score (nSPS) is 11.8. The van der Waals surface area contributed by atoms with E-state index >= 15 is 0 Å². The Bertz CT molecular complexity index is 6860. The van der Waals surface area contributed by atoms with Gasteiger partial charge in [0, 0.05) is 36.3 Å². The number of rotatable bonds is 19. The van der Waals surface area contributed by atoms with Crippen molar-refractivity contribution in [3.63, 3.8) is 0 Å². The molecular weight excluding hydrogens is 2010 g/mol. The molecule has 6 N–H and O–H groups in total. The number of nitrogens with two attached hydrogens (primary N) is 1. The number of carbonyl (C=O) groups is 6. The van der Waals surface area contributed by atoms with E-state index in [1.165, 1.54) is 121 Å². The molecule has 2 aliphatic rings. The molecule has 706 valence electrons. The number of ether oxygens (including phenoxy) is 4. The minimum Gasteiger partial charge on any atom is -0.501 e. The van der Waals surface area contributed by atoms with E-state index in [1.807, 2.05) is 36.4 Å². The second kappa shape index (κ2) is 49.8. The summed E-state index contributed by atoms with van der Waals surface area (Å²) in [5.41, 5.74) is 7.14. The van der Waals surface area contributed by atoms with Crippen molar-refractivity contribution >= 4 is 48.0 Å². The Morgan fingerprint density at radius 3 is 1.31 bits per heavy atom. The molecule has 0 bridgehead atoms. The number of aromatic nitrogens is 8. The predicted octanol–water partition coefficient (Wildman–Crippen LogP) is 14.3. The third-order valence-corrected chi connectivity index (χ3v) is 23.2. The molecule has 13 aromatic rings. The van der Waals surface area contributed by atoms with E-state index in [4.69, 9.17) is 59.8 Å². The number of methoxy groups -OCH3 is 1. The Balaban J connectivity index is 0.000000208. The second-order valence-electron chi connectivity index (χ2n) is 29.9. The Morgan fingerprint density at radius 2 is 0.898 bits per heavy atom. The molecule has 42 heteroatoms. The van der Waals surface area contributed by atoms with Crippen molar-refractivity contribution in [3.05, 3.63) is 316 Å². The number of aryl methyl sites for hydroxylation is 4. The van der Waals surface area contributed by atoms with Crippen LogP contribution in [-0.2, 0) is 105 Å². The molecule has 6 aromatic heterocycles. The largest absolute Gasteiger partial charge is 0.501 e. The van der Waals surface area contributed by atoms with Crippen LogP contribution < -0.4 is 37.5 Å². The number of hydrogen-bond acceptors (Lipinski definition) is 29. The summed E-state index contributed by atoms with van der Waals surface area (Å²) in [6.45, 7) is 18.2. The van der Waals surface area contributed by atoms with E-state index in [2.05, 4.69) is 61.8 Å². The summed E-state index contributed by atoms with van der Waals surface area (Å²) in [4.78, 5) is 120. The summed E-state index contributed by atoms with van der Waals surface area (Å²) in [5, 5.41) is 44.1. The molecule has 0 saturated carbocycles. The van der Waals surface area contributed by atoms with Gasteiger partial charge in [-0.25, -0.2) is 61.0 Å². The summed E-state index contributed by atoms with van der Waals surface area (Å²) in [5.74, 6) is -0.680. The van der Waals surface area contributed by atoms with E-state index in [1.54, 1.807) is 85.9 Å². The van der Waals surface area contributed by atoms with Gasteiger partial charge in [-0.15, -0.1) is 18.8 Å². The molecule has 0 radical (unpaired) electrons. The summed E-state index contributed by atoms with van der Waals surface area (Å²) in [7, 11) is 1.17. The number of amides is 3. The maximum absolute atomic E-state index is 14.0. The van der Waals surface area contributed by atoms with Gasteiger partial charge < -0.3 is 63.4 Å². The molecule has 0 fully saturated rings. The van der Waals surface area contributed by atoms with Gasteiger partial charge in [-0.2, -0.15) is 15.8 Å². The van der Waals surface area contributed by atoms with Crippen molar-refractivity contribution in [3.8, 4) is 87.9 Å². The van der Waals surface area contributed by atoms with Gasteiger partial charge in [-0.05, 0) is 169 Å². The fourth-order valence-corrected chi connectivity index (χ4v) is 14.1. The molecule has 3 amide bonds. The second-order valence-corrected chi connectivity index (χ2v) is 33.1. The zero-order valence-corrected chi connectivity index (χ0v) is 81.5. The van der Waals surface area contributed by atoms with Crippen molar-refractivity contribution in [2.24, 2.45) is 5.73 Å². The Hall–Kier alpha value is -15.7. The third-order valence-electron chi connectivity index (χ3n) is 19.1. The number of esters is 1. The van der Waals surface area contributed by atoms with Crippen LogP contribution in [0.3, 0.4) is 0 Å². The first-order valence-corrected chi connectivity index (χ1v) is 45.2. The van der Waals surface area contributed by atoms with Crippen LogP contribution in [0, 0.1) is 109 Å². The number of terminal acetylenes is 1. The fraction of sp³-hybridized carbons (Fsp3) is 0.232. The van der Waals surface area contributed by atoms with Gasteiger partial charge in [-0.3, -0.25) is 33.1 Å². The average molecular weight is 2090 g/mol. The van der Waals surface area contributed by atoms with E-state index in [-0.39, 0.29) is 120 Å². The van der Waals surface area contributed by atoms with E-state index in [9.17, 15) is 69.8 Å². The van der Waals surface area contributed by atoms with E-state index in [0.29, 0.717) is 100 Å². The first kappa shape index (κ1) is 107. The first-order valence-electron chi connectivity index (χ1n) is 40.7. The number of carbonyl (C=O) groups excluding carboxylic acids is 6. The van der Waals surface area contributed by atoms with Crippen molar-refractivity contribution in [1.29, 1.82) is 15.8 Å². The molecule has 15 rings (SSSR count). The SMILES string of the molecule is C#CCNC(=O)c1cc(F)ccc1C#N.CC(=O)[O][Hg][O]C(C)=O.COC(=O)c1cc(F)ccc1C#N.Cc1cnc(-c2cc(F)ccc2C#N)o1.Cc1cnc(-c2cc(F)ccc2CN)o1.Cc1cnc(-c2cc(F)ccc2CNC(=O)c2nc3n(c(=O)c2O)CCOC3(C)C)o1.Cc1cnc(-c2cc(F)ccc2CNC(=O)c2nc3n(c(=O)c2OCc2ccccc2)CCOC3(C)C)o1.Cl. The Morgan fingerprint density at radius 1 is 0.518 bits per heavy atom. The van der Waals surface area contributed by atoms with Crippen LogP contribution in [0.25, 0.3) is 45.8 Å². The molecule has 34 nitrogen and oxygen atoms in total. The van der Waals surface area contributed by atoms with E-state index < -0.39 is 112 Å². The van der Waals surface area contributed by atoms with Gasteiger partial charge in [0.15, 0.2) is 11.4 Å². The summed E-state index contributed by atoms with van der Waals surface area (Å²) in [6.07, 6.45) is 11.1. The molecular formula is C95H86ClF6HgN15O19. The molecule has 0 atom stereocenters. The number of fused-ring (bicyclic) bond motifs is 2. The van der Waals surface area contributed by atoms with Crippen molar-refractivity contribution < 1.29 is 128 Å². The smallest absolute Gasteiger partial charge is 0.339 e. The molecule has 2 aliphatic heterocycles. The van der Waals surface area contributed by atoms with Gasteiger partial charge in [0.2, 0.25) is 35.1 Å². The number of benzene rings is 7. The maximum Gasteiger partial charge on any atom is 0.339 e. The minimum atomic E-state index is -2.04. The number of halogens is 7. The average Bonchev–Trinajstić information content (AvgIpc) is 1.45. The van der Waals surface area contributed by atoms with Crippen LogP contribution in [0.2, 0.25) is 0 Å². The molecule has 0 spiro atoms. The number of aromatic hydroxyl groups is 1.